The van der Waals surface area contributed by atoms with Gasteiger partial charge in [-0.05, 0) is 6.92 Å². The molecule has 0 spiro atoms. The summed E-state index contributed by atoms with van der Waals surface area (Å²) < 4.78 is 0. The molecule has 11 nitrogen and oxygen atoms in total. The van der Waals surface area contributed by atoms with Gasteiger partial charge in [-0.3, -0.25) is 24.5 Å². The molecule has 1 aliphatic rings. The number of H-pyrrole nitrogens is 1. The molecule has 0 bridgehead atoms. The smallest absolute Gasteiger partial charge is 0.336 e. The van der Waals surface area contributed by atoms with Crippen LogP contribution < -0.4 is 0 Å². The van der Waals surface area contributed by atoms with E-state index in [1.165, 1.54) is 16.8 Å². The van der Waals surface area contributed by atoms with E-state index in [0.717, 1.165) is 39.3 Å². The van der Waals surface area contributed by atoms with Gasteiger partial charge in [-0.25, -0.2) is 4.79 Å². The number of hydrogen-bond donors (Lipinski definition) is 5. The van der Waals surface area contributed by atoms with Gasteiger partial charge in [0.15, 0.2) is 5.60 Å². The lowest BCUT2D eigenvalue weighted by Gasteiger charge is -2.35. The number of aliphatic carboxylic acids is 3. The number of carbonyl (C=O) groups is 3. The molecule has 1 aromatic rings. The van der Waals surface area contributed by atoms with E-state index in [4.69, 9.17) is 20.4 Å². The van der Waals surface area contributed by atoms with Crippen LogP contribution >= 0.6 is 0 Å². The summed E-state index contributed by atoms with van der Waals surface area (Å²) >= 11 is 0. The molecule has 2 rings (SSSR count). The summed E-state index contributed by atoms with van der Waals surface area (Å²) in [5.41, 5.74) is 1.25. The number of aliphatic hydroxyl groups is 1. The van der Waals surface area contributed by atoms with E-state index in [0.29, 0.717) is 0 Å². The van der Waals surface area contributed by atoms with Gasteiger partial charge < -0.3 is 20.4 Å². The molecule has 33 heavy (non-hydrogen) atoms. The van der Waals surface area contributed by atoms with E-state index in [9.17, 15) is 14.4 Å². The predicted molar refractivity (Wildman–Crippen MR) is 121 cm³/mol. The third-order valence-corrected chi connectivity index (χ3v) is 5.11. The minimum absolute atomic E-state index is 0.133. The lowest BCUT2D eigenvalue weighted by molar-refractivity contribution is -0.170. The van der Waals surface area contributed by atoms with E-state index in [-0.39, 0.29) is 5.41 Å². The average molecular weight is 469 g/mol. The van der Waals surface area contributed by atoms with E-state index in [2.05, 4.69) is 54.3 Å². The fourth-order valence-corrected chi connectivity index (χ4v) is 3.52. The molecule has 1 saturated heterocycles. The Morgan fingerprint density at radius 3 is 1.91 bits per heavy atom. The summed E-state index contributed by atoms with van der Waals surface area (Å²) in [4.78, 5) is 35.5. The Morgan fingerprint density at radius 2 is 1.52 bits per heavy atom. The van der Waals surface area contributed by atoms with Crippen molar-refractivity contribution in [2.75, 3.05) is 32.7 Å². The van der Waals surface area contributed by atoms with Crippen LogP contribution in [0.4, 0.5) is 0 Å². The number of carboxylic acid groups (broad SMARTS) is 3. The van der Waals surface area contributed by atoms with Crippen molar-refractivity contribution in [2.45, 2.75) is 58.1 Å². The van der Waals surface area contributed by atoms with Crippen molar-refractivity contribution >= 4 is 17.9 Å². The van der Waals surface area contributed by atoms with E-state index < -0.39 is 36.4 Å². The summed E-state index contributed by atoms with van der Waals surface area (Å²) in [6.07, 6.45) is -0.301. The van der Waals surface area contributed by atoms with Crippen molar-refractivity contribution in [3.05, 3.63) is 29.6 Å². The van der Waals surface area contributed by atoms with E-state index in [1.54, 1.807) is 0 Å². The van der Waals surface area contributed by atoms with E-state index in [1.807, 2.05) is 6.20 Å². The predicted octanol–water partition coefficient (Wildman–Crippen LogP) is 1.15. The highest BCUT2D eigenvalue weighted by molar-refractivity contribution is 5.88. The molecular weight excluding hydrogens is 432 g/mol. The highest BCUT2D eigenvalue weighted by Gasteiger charge is 2.40. The second-order valence-electron chi connectivity index (χ2n) is 9.51. The molecule has 1 aliphatic heterocycles. The molecule has 1 fully saturated rings. The summed E-state index contributed by atoms with van der Waals surface area (Å²) in [6.45, 7) is 19.4. The van der Waals surface area contributed by atoms with Crippen LogP contribution in [0.1, 0.15) is 51.8 Å². The number of rotatable bonds is 9. The highest BCUT2D eigenvalue weighted by Crippen LogP contribution is 2.24. The summed E-state index contributed by atoms with van der Waals surface area (Å²) in [7, 11) is 0. The van der Waals surface area contributed by atoms with Gasteiger partial charge in [-0.1, -0.05) is 32.9 Å². The summed E-state index contributed by atoms with van der Waals surface area (Å²) in [5, 5.41) is 41.2. The lowest BCUT2D eigenvalue weighted by Crippen LogP contribution is -2.46. The van der Waals surface area contributed by atoms with Gasteiger partial charge in [0.05, 0.1) is 19.0 Å². The van der Waals surface area contributed by atoms with Crippen molar-refractivity contribution in [1.82, 2.24) is 20.0 Å². The van der Waals surface area contributed by atoms with Crippen LogP contribution in [0.5, 0.6) is 0 Å². The minimum Gasteiger partial charge on any atom is -0.481 e. The molecular formula is C22H36N4O7. The Hall–Kier alpha value is -2.76. The SMILES string of the molecule is C=C(C)CN1CCN(Cc2cn[nH]c2C(C)(C)C)CC1.O=C(O)CC(O)(CC(=O)O)C(=O)O. The minimum atomic E-state index is -2.74. The highest BCUT2D eigenvalue weighted by atomic mass is 16.4. The lowest BCUT2D eigenvalue weighted by atomic mass is 9.89. The molecule has 186 valence electrons. The number of nitrogens with zero attached hydrogens (tertiary/aromatic N) is 3. The van der Waals surface area contributed by atoms with Crippen LogP contribution in [-0.4, -0.2) is 96.7 Å². The molecule has 0 unspecified atom stereocenters. The Kier molecular flexibility index (Phi) is 10.2. The normalized spacial score (nSPS) is 15.4. The first-order chi connectivity index (χ1) is 15.1. The van der Waals surface area contributed by atoms with Gasteiger partial charge in [-0.2, -0.15) is 5.10 Å². The second-order valence-corrected chi connectivity index (χ2v) is 9.51. The molecule has 0 saturated carbocycles. The second kappa shape index (κ2) is 11.9. The topological polar surface area (TPSA) is 167 Å². The number of piperazine rings is 1. The van der Waals surface area contributed by atoms with Gasteiger partial charge in [0.25, 0.3) is 0 Å². The van der Waals surface area contributed by atoms with Gasteiger partial charge >= 0.3 is 17.9 Å². The Bertz CT molecular complexity index is 820. The van der Waals surface area contributed by atoms with Crippen LogP contribution in [0.3, 0.4) is 0 Å². The van der Waals surface area contributed by atoms with Crippen molar-refractivity contribution in [2.24, 2.45) is 0 Å². The quantitative estimate of drug-likeness (QED) is 0.332. The van der Waals surface area contributed by atoms with Gasteiger partial charge in [0.2, 0.25) is 0 Å². The fraction of sp³-hybridized carbons (Fsp3) is 0.636. The first-order valence-corrected chi connectivity index (χ1v) is 10.6. The molecule has 2 heterocycles. The number of carboxylic acids is 3. The molecule has 0 amide bonds. The largest absolute Gasteiger partial charge is 0.481 e. The third kappa shape index (κ3) is 9.72. The first kappa shape index (κ1) is 28.3. The maximum absolute atomic E-state index is 10.3. The summed E-state index contributed by atoms with van der Waals surface area (Å²) in [5.74, 6) is -5.02. The Labute approximate surface area is 193 Å². The van der Waals surface area contributed by atoms with E-state index >= 15 is 0 Å². The maximum Gasteiger partial charge on any atom is 0.336 e. The molecule has 5 N–H and O–H groups in total. The summed E-state index contributed by atoms with van der Waals surface area (Å²) in [6, 6.07) is 0. The molecule has 0 aromatic carbocycles. The molecule has 0 aliphatic carbocycles. The van der Waals surface area contributed by atoms with Gasteiger partial charge in [0.1, 0.15) is 0 Å². The standard InChI is InChI=1S/C16H28N4.C6H8O7/c1-13(2)11-19-6-8-20(9-7-19)12-14-10-17-18-15(14)16(3,4)5;7-3(8)1-6(13,5(11)12)2-4(9)10/h10H,1,6-9,11-12H2,2-5H3,(H,17,18);13H,1-2H2,(H,7,8)(H,9,10)(H,11,12). The Balaban J connectivity index is 0.000000366. The maximum atomic E-state index is 10.3. The van der Waals surface area contributed by atoms with Gasteiger partial charge in [0, 0.05) is 55.9 Å². The van der Waals surface area contributed by atoms with Crippen LogP contribution in [0.2, 0.25) is 0 Å². The average Bonchev–Trinajstić information content (AvgIpc) is 3.10. The molecule has 11 heteroatoms. The number of aromatic nitrogens is 2. The zero-order valence-electron chi connectivity index (χ0n) is 19.8. The number of nitrogens with one attached hydrogen (secondary N) is 1. The Morgan fingerprint density at radius 1 is 1.03 bits per heavy atom. The molecule has 1 aromatic heterocycles. The molecule has 0 atom stereocenters. The zero-order chi connectivity index (χ0) is 25.4. The third-order valence-electron chi connectivity index (χ3n) is 5.11. The van der Waals surface area contributed by atoms with Crippen LogP contribution in [0, 0.1) is 0 Å². The van der Waals surface area contributed by atoms with Crippen molar-refractivity contribution in [1.29, 1.82) is 0 Å². The van der Waals surface area contributed by atoms with Crippen LogP contribution in [-0.2, 0) is 26.3 Å². The van der Waals surface area contributed by atoms with Crippen molar-refractivity contribution in [3.8, 4) is 0 Å². The first-order valence-electron chi connectivity index (χ1n) is 10.6. The fourth-order valence-electron chi connectivity index (χ4n) is 3.52. The molecule has 0 radical (unpaired) electrons. The number of aromatic amines is 1. The van der Waals surface area contributed by atoms with Crippen LogP contribution in [0.15, 0.2) is 18.3 Å². The number of hydrogen-bond acceptors (Lipinski definition) is 7. The van der Waals surface area contributed by atoms with Crippen LogP contribution in [0.25, 0.3) is 0 Å². The monoisotopic (exact) mass is 468 g/mol. The van der Waals surface area contributed by atoms with Crippen molar-refractivity contribution < 1.29 is 34.8 Å². The zero-order valence-corrected chi connectivity index (χ0v) is 19.8. The van der Waals surface area contributed by atoms with Crippen molar-refractivity contribution in [3.63, 3.8) is 0 Å². The van der Waals surface area contributed by atoms with Gasteiger partial charge in [-0.15, -0.1) is 0 Å².